The van der Waals surface area contributed by atoms with Gasteiger partial charge in [0, 0.05) is 12.8 Å². The van der Waals surface area contributed by atoms with Gasteiger partial charge >= 0.3 is 5.97 Å². The second kappa shape index (κ2) is 49.2. The van der Waals surface area contributed by atoms with Gasteiger partial charge in [-0.1, -0.05) is 203 Å². The van der Waals surface area contributed by atoms with Gasteiger partial charge in [-0.3, -0.25) is 9.59 Å². The van der Waals surface area contributed by atoms with E-state index in [-0.39, 0.29) is 18.5 Å². The fourth-order valence-electron chi connectivity index (χ4n) is 7.31. The number of aliphatic hydroxyl groups excluding tert-OH is 2. The highest BCUT2D eigenvalue weighted by atomic mass is 16.5. The molecule has 0 aromatic heterocycles. The number of carbonyl (C=O) groups is 2. The van der Waals surface area contributed by atoms with Crippen molar-refractivity contribution in [3.63, 3.8) is 0 Å². The maximum absolute atomic E-state index is 12.4. The number of carbonyl (C=O) groups excluding carboxylic acids is 2. The molecule has 6 heteroatoms. The maximum Gasteiger partial charge on any atom is 0.305 e. The van der Waals surface area contributed by atoms with Crippen molar-refractivity contribution >= 4 is 11.9 Å². The lowest BCUT2D eigenvalue weighted by Crippen LogP contribution is -2.45. The Morgan fingerprint density at radius 1 is 0.483 bits per heavy atom. The summed E-state index contributed by atoms with van der Waals surface area (Å²) in [5.74, 6) is -0.132. The van der Waals surface area contributed by atoms with Crippen molar-refractivity contribution in [2.75, 3.05) is 13.2 Å². The van der Waals surface area contributed by atoms with Crippen LogP contribution in [-0.4, -0.2) is 47.4 Å². The van der Waals surface area contributed by atoms with Crippen LogP contribution in [0.4, 0.5) is 0 Å². The molecule has 0 saturated heterocycles. The molecule has 0 saturated carbocycles. The Bertz CT molecular complexity index is 1060. The summed E-state index contributed by atoms with van der Waals surface area (Å²) in [7, 11) is 0. The molecule has 3 N–H and O–H groups in total. The van der Waals surface area contributed by atoms with E-state index in [1.165, 1.54) is 128 Å². The number of aliphatic hydroxyl groups is 2. The van der Waals surface area contributed by atoms with E-state index in [4.69, 9.17) is 4.74 Å². The summed E-state index contributed by atoms with van der Waals surface area (Å²) in [5.41, 5.74) is 0. The molecule has 1 amide bonds. The van der Waals surface area contributed by atoms with Crippen LogP contribution in [0.5, 0.6) is 0 Å². The summed E-state index contributed by atoms with van der Waals surface area (Å²) in [5, 5.41) is 23.0. The second-order valence-corrected chi connectivity index (χ2v) is 17.2. The number of hydrogen-bond acceptors (Lipinski definition) is 5. The summed E-state index contributed by atoms with van der Waals surface area (Å²) in [6.45, 7) is 4.76. The van der Waals surface area contributed by atoms with Gasteiger partial charge in [-0.15, -0.1) is 0 Å². The van der Waals surface area contributed by atoms with Crippen LogP contribution in [0.3, 0.4) is 0 Å². The van der Waals surface area contributed by atoms with E-state index >= 15 is 0 Å². The first-order valence-corrected chi connectivity index (χ1v) is 25.6. The van der Waals surface area contributed by atoms with Crippen LogP contribution in [0, 0.1) is 0 Å². The van der Waals surface area contributed by atoms with E-state index in [0.717, 1.165) is 89.9 Å². The lowest BCUT2D eigenvalue weighted by molar-refractivity contribution is -0.143. The minimum absolute atomic E-state index is 0.0394. The Morgan fingerprint density at radius 2 is 0.917 bits per heavy atom. The number of allylic oxidation sites excluding steroid dienone is 9. The minimum Gasteiger partial charge on any atom is -0.466 e. The van der Waals surface area contributed by atoms with Crippen molar-refractivity contribution in [1.82, 2.24) is 5.32 Å². The molecule has 0 aliphatic carbocycles. The van der Waals surface area contributed by atoms with Crippen molar-refractivity contribution in [2.45, 2.75) is 257 Å². The molecule has 0 aromatic rings. The van der Waals surface area contributed by atoms with Crippen LogP contribution in [0.25, 0.3) is 0 Å². The van der Waals surface area contributed by atoms with Crippen LogP contribution >= 0.6 is 0 Å². The molecule has 0 spiro atoms. The largest absolute Gasteiger partial charge is 0.466 e. The molecular weight excluding hydrogens is 743 g/mol. The summed E-state index contributed by atoms with van der Waals surface area (Å²) in [4.78, 5) is 24.4. The molecule has 2 atom stereocenters. The number of rotatable bonds is 46. The fraction of sp³-hybridized carbons (Fsp3) is 0.778. The highest BCUT2D eigenvalue weighted by Crippen LogP contribution is 2.14. The summed E-state index contributed by atoms with van der Waals surface area (Å²) in [6.07, 6.45) is 62.2. The van der Waals surface area contributed by atoms with Gasteiger partial charge in [0.1, 0.15) is 0 Å². The molecule has 348 valence electrons. The van der Waals surface area contributed by atoms with E-state index in [1.807, 2.05) is 6.08 Å². The van der Waals surface area contributed by atoms with Gasteiger partial charge in [0.15, 0.2) is 0 Å². The SMILES string of the molecule is CCC/C=C\C/C=C\CCCCCCCC(=O)OCCCCC/C=C\C=C/CCCCCCCCC(=O)NC(CO)C(O)/C=C/CCCCCCCCCCCCCCC. The highest BCUT2D eigenvalue weighted by Gasteiger charge is 2.18. The maximum atomic E-state index is 12.4. The van der Waals surface area contributed by atoms with Crippen LogP contribution in [-0.2, 0) is 14.3 Å². The zero-order chi connectivity index (χ0) is 43.7. The van der Waals surface area contributed by atoms with E-state index in [0.29, 0.717) is 19.4 Å². The summed E-state index contributed by atoms with van der Waals surface area (Å²) >= 11 is 0. The summed E-state index contributed by atoms with van der Waals surface area (Å²) in [6, 6.07) is -0.646. The molecule has 0 heterocycles. The number of nitrogens with one attached hydrogen (secondary N) is 1. The third-order valence-electron chi connectivity index (χ3n) is 11.3. The molecule has 0 fully saturated rings. The Morgan fingerprint density at radius 3 is 1.43 bits per heavy atom. The Kier molecular flexibility index (Phi) is 47.2. The molecule has 0 radical (unpaired) electrons. The number of esters is 1. The van der Waals surface area contributed by atoms with E-state index in [2.05, 4.69) is 67.8 Å². The van der Waals surface area contributed by atoms with Crippen LogP contribution in [0.2, 0.25) is 0 Å². The Labute approximate surface area is 371 Å². The normalized spacial score (nSPS) is 13.2. The van der Waals surface area contributed by atoms with Crippen LogP contribution in [0.1, 0.15) is 245 Å². The van der Waals surface area contributed by atoms with Gasteiger partial charge < -0.3 is 20.3 Å². The first-order chi connectivity index (χ1) is 29.5. The van der Waals surface area contributed by atoms with Gasteiger partial charge in [0.2, 0.25) is 5.91 Å². The van der Waals surface area contributed by atoms with E-state index in [9.17, 15) is 19.8 Å². The molecule has 6 nitrogen and oxygen atoms in total. The average molecular weight is 840 g/mol. The standard InChI is InChI=1S/C54H97NO5/c1-3-5-7-9-11-13-15-17-19-23-26-30-34-38-42-46-52(57)51(50-56)55-53(58)47-43-39-35-31-27-24-20-18-21-25-29-33-37-41-45-49-60-54(59)48-44-40-36-32-28-22-16-14-12-10-8-6-4-2/h8,10,14,16,18,21,25,29,42,46,51-52,56-57H,3-7,9,11-13,15,17,19-20,22-24,26-28,30-41,43-45,47-50H2,1-2H3,(H,55,58)/b10-8-,16-14-,21-18-,29-25-,46-42+. The number of hydrogen-bond donors (Lipinski definition) is 3. The topological polar surface area (TPSA) is 95.9 Å². The lowest BCUT2D eigenvalue weighted by Gasteiger charge is -2.20. The van der Waals surface area contributed by atoms with Gasteiger partial charge in [0.05, 0.1) is 25.4 Å². The Balaban J connectivity index is 3.59. The highest BCUT2D eigenvalue weighted by molar-refractivity contribution is 5.76. The van der Waals surface area contributed by atoms with Gasteiger partial charge in [-0.05, 0) is 89.9 Å². The number of amides is 1. The smallest absolute Gasteiger partial charge is 0.305 e. The van der Waals surface area contributed by atoms with Crippen LogP contribution < -0.4 is 5.32 Å². The molecule has 0 aliphatic heterocycles. The Hall–Kier alpha value is -2.44. The van der Waals surface area contributed by atoms with Gasteiger partial charge in [-0.2, -0.15) is 0 Å². The van der Waals surface area contributed by atoms with E-state index < -0.39 is 12.1 Å². The molecular formula is C54H97NO5. The molecule has 0 aromatic carbocycles. The quantitative estimate of drug-likeness (QED) is 0.0246. The number of ether oxygens (including phenoxy) is 1. The van der Waals surface area contributed by atoms with Crippen molar-refractivity contribution in [1.29, 1.82) is 0 Å². The predicted octanol–water partition coefficient (Wildman–Crippen LogP) is 15.2. The van der Waals surface area contributed by atoms with Crippen LogP contribution in [0.15, 0.2) is 60.8 Å². The van der Waals surface area contributed by atoms with Crippen molar-refractivity contribution in [2.24, 2.45) is 0 Å². The average Bonchev–Trinajstić information content (AvgIpc) is 3.25. The molecule has 60 heavy (non-hydrogen) atoms. The first kappa shape index (κ1) is 57.6. The molecule has 0 bridgehead atoms. The molecule has 2 unspecified atom stereocenters. The third-order valence-corrected chi connectivity index (χ3v) is 11.3. The molecule has 0 aliphatic rings. The lowest BCUT2D eigenvalue weighted by atomic mass is 10.0. The predicted molar refractivity (Wildman–Crippen MR) is 259 cm³/mol. The number of unbranched alkanes of at least 4 members (excludes halogenated alkanes) is 28. The fourth-order valence-corrected chi connectivity index (χ4v) is 7.31. The van der Waals surface area contributed by atoms with Crippen molar-refractivity contribution in [3.05, 3.63) is 60.8 Å². The van der Waals surface area contributed by atoms with E-state index in [1.54, 1.807) is 6.08 Å². The monoisotopic (exact) mass is 840 g/mol. The minimum atomic E-state index is -0.860. The molecule has 0 rings (SSSR count). The second-order valence-electron chi connectivity index (χ2n) is 17.2. The first-order valence-electron chi connectivity index (χ1n) is 25.6. The van der Waals surface area contributed by atoms with Gasteiger partial charge in [0.25, 0.3) is 0 Å². The zero-order valence-corrected chi connectivity index (χ0v) is 39.4. The zero-order valence-electron chi connectivity index (χ0n) is 39.4. The van der Waals surface area contributed by atoms with Crippen molar-refractivity contribution in [3.8, 4) is 0 Å². The van der Waals surface area contributed by atoms with Crippen molar-refractivity contribution < 1.29 is 24.5 Å². The third kappa shape index (κ3) is 45.1. The van der Waals surface area contributed by atoms with Gasteiger partial charge in [-0.25, -0.2) is 0 Å². The summed E-state index contributed by atoms with van der Waals surface area (Å²) < 4.78 is 5.42.